The number of halogens is 1. The normalized spacial score (nSPS) is 12.7. The molecule has 16 heavy (non-hydrogen) atoms. The van der Waals surface area contributed by atoms with E-state index in [1.165, 1.54) is 12.1 Å². The van der Waals surface area contributed by atoms with E-state index in [2.05, 4.69) is 5.32 Å². The summed E-state index contributed by atoms with van der Waals surface area (Å²) in [6, 6.07) is 6.37. The second kappa shape index (κ2) is 7.33. The van der Waals surface area contributed by atoms with Gasteiger partial charge in [-0.25, -0.2) is 4.39 Å². The first-order chi connectivity index (χ1) is 7.72. The van der Waals surface area contributed by atoms with Crippen molar-refractivity contribution in [2.75, 3.05) is 20.3 Å². The Morgan fingerprint density at radius 1 is 1.38 bits per heavy atom. The van der Waals surface area contributed by atoms with Crippen LogP contribution in [0.5, 0.6) is 0 Å². The third kappa shape index (κ3) is 5.21. The lowest BCUT2D eigenvalue weighted by Crippen LogP contribution is -2.22. The number of rotatable bonds is 7. The molecule has 1 aromatic carbocycles. The lowest BCUT2D eigenvalue weighted by molar-refractivity contribution is 0.0594. The second-order valence-electron chi connectivity index (χ2n) is 3.70. The summed E-state index contributed by atoms with van der Waals surface area (Å²) < 4.78 is 17.4. The fourth-order valence-electron chi connectivity index (χ4n) is 1.38. The molecule has 90 valence electrons. The van der Waals surface area contributed by atoms with E-state index in [9.17, 15) is 9.50 Å². The Labute approximate surface area is 95.2 Å². The van der Waals surface area contributed by atoms with Gasteiger partial charge in [0, 0.05) is 13.7 Å². The van der Waals surface area contributed by atoms with Crippen molar-refractivity contribution < 1.29 is 14.2 Å². The highest BCUT2D eigenvalue weighted by atomic mass is 19.1. The van der Waals surface area contributed by atoms with Crippen molar-refractivity contribution in [1.82, 2.24) is 5.32 Å². The molecule has 0 fully saturated rings. The third-order valence-electron chi connectivity index (χ3n) is 2.26. The van der Waals surface area contributed by atoms with Crippen LogP contribution in [0.25, 0.3) is 0 Å². The Balaban J connectivity index is 2.13. The first-order valence-electron chi connectivity index (χ1n) is 5.34. The smallest absolute Gasteiger partial charge is 0.123 e. The monoisotopic (exact) mass is 227 g/mol. The molecule has 0 amide bonds. The largest absolute Gasteiger partial charge is 0.391 e. The van der Waals surface area contributed by atoms with Crippen molar-refractivity contribution in [3.05, 3.63) is 35.6 Å². The van der Waals surface area contributed by atoms with Gasteiger partial charge in [0.2, 0.25) is 0 Å². The number of methoxy groups -OCH3 is 1. The van der Waals surface area contributed by atoms with Crippen molar-refractivity contribution in [3.8, 4) is 0 Å². The first-order valence-corrected chi connectivity index (χ1v) is 5.34. The molecule has 4 heteroatoms. The topological polar surface area (TPSA) is 41.5 Å². The highest BCUT2D eigenvalue weighted by Crippen LogP contribution is 2.02. The van der Waals surface area contributed by atoms with Crippen molar-refractivity contribution in [2.45, 2.75) is 19.1 Å². The minimum absolute atomic E-state index is 0.223. The minimum Gasteiger partial charge on any atom is -0.391 e. The van der Waals surface area contributed by atoms with Gasteiger partial charge in [0.25, 0.3) is 0 Å². The van der Waals surface area contributed by atoms with Crippen LogP contribution in [0, 0.1) is 5.82 Å². The van der Waals surface area contributed by atoms with E-state index >= 15 is 0 Å². The molecular weight excluding hydrogens is 209 g/mol. The number of aliphatic hydroxyl groups is 1. The second-order valence-corrected chi connectivity index (χ2v) is 3.70. The highest BCUT2D eigenvalue weighted by Gasteiger charge is 2.02. The van der Waals surface area contributed by atoms with Gasteiger partial charge in [0.15, 0.2) is 0 Å². The summed E-state index contributed by atoms with van der Waals surface area (Å²) in [5.74, 6) is -0.223. The van der Waals surface area contributed by atoms with Crippen LogP contribution < -0.4 is 5.32 Å². The minimum atomic E-state index is -0.425. The average Bonchev–Trinajstić information content (AvgIpc) is 2.27. The van der Waals surface area contributed by atoms with Crippen LogP contribution in [0.2, 0.25) is 0 Å². The van der Waals surface area contributed by atoms with Crippen molar-refractivity contribution in [3.63, 3.8) is 0 Å². The molecule has 3 nitrogen and oxygen atoms in total. The van der Waals surface area contributed by atoms with Gasteiger partial charge in [-0.2, -0.15) is 0 Å². The molecule has 0 aromatic heterocycles. The van der Waals surface area contributed by atoms with Crippen LogP contribution in [-0.4, -0.2) is 31.5 Å². The van der Waals surface area contributed by atoms with Gasteiger partial charge in [-0.15, -0.1) is 0 Å². The Bertz CT molecular complexity index is 290. The quantitative estimate of drug-likeness (QED) is 0.690. The van der Waals surface area contributed by atoms with E-state index < -0.39 is 6.10 Å². The van der Waals surface area contributed by atoms with E-state index in [4.69, 9.17) is 4.74 Å². The molecule has 0 heterocycles. The summed E-state index contributed by atoms with van der Waals surface area (Å²) in [5, 5.41) is 12.5. The number of ether oxygens (including phenoxy) is 1. The molecule has 0 aliphatic rings. The van der Waals surface area contributed by atoms with Crippen molar-refractivity contribution in [2.24, 2.45) is 0 Å². The van der Waals surface area contributed by atoms with Crippen LogP contribution in [-0.2, 0) is 11.3 Å². The van der Waals surface area contributed by atoms with Gasteiger partial charge in [-0.05, 0) is 30.7 Å². The fourth-order valence-corrected chi connectivity index (χ4v) is 1.38. The van der Waals surface area contributed by atoms with Crippen LogP contribution >= 0.6 is 0 Å². The molecule has 0 bridgehead atoms. The van der Waals surface area contributed by atoms with Gasteiger partial charge in [0.05, 0.1) is 12.7 Å². The van der Waals surface area contributed by atoms with Crippen LogP contribution in [0.15, 0.2) is 24.3 Å². The molecule has 0 radical (unpaired) electrons. The van der Waals surface area contributed by atoms with Gasteiger partial charge in [-0.1, -0.05) is 12.1 Å². The van der Waals surface area contributed by atoms with Crippen LogP contribution in [0.1, 0.15) is 12.0 Å². The highest BCUT2D eigenvalue weighted by molar-refractivity contribution is 5.15. The van der Waals surface area contributed by atoms with Gasteiger partial charge in [0.1, 0.15) is 5.82 Å². The van der Waals surface area contributed by atoms with E-state index in [0.717, 1.165) is 5.56 Å². The third-order valence-corrected chi connectivity index (χ3v) is 2.26. The van der Waals surface area contributed by atoms with Gasteiger partial charge >= 0.3 is 0 Å². The molecule has 0 saturated carbocycles. The maximum absolute atomic E-state index is 12.6. The maximum atomic E-state index is 12.6. The number of benzene rings is 1. The van der Waals surface area contributed by atoms with Crippen LogP contribution in [0.3, 0.4) is 0 Å². The molecule has 0 spiro atoms. The lowest BCUT2D eigenvalue weighted by atomic mass is 10.2. The summed E-state index contributed by atoms with van der Waals surface area (Å²) in [7, 11) is 1.56. The Kier molecular flexibility index (Phi) is 6.00. The Hall–Kier alpha value is -0.970. The predicted octanol–water partition coefficient (Wildman–Crippen LogP) is 1.31. The molecule has 0 aliphatic heterocycles. The average molecular weight is 227 g/mol. The van der Waals surface area contributed by atoms with E-state index in [1.54, 1.807) is 19.2 Å². The number of hydrogen-bond donors (Lipinski definition) is 2. The molecule has 1 atom stereocenters. The van der Waals surface area contributed by atoms with Gasteiger partial charge < -0.3 is 15.2 Å². The standard InChI is InChI=1S/C12H18FNO2/c1-16-9-12(15)6-7-14-8-10-2-4-11(13)5-3-10/h2-5,12,14-15H,6-9H2,1H3. The maximum Gasteiger partial charge on any atom is 0.123 e. The molecule has 0 aliphatic carbocycles. The zero-order valence-electron chi connectivity index (χ0n) is 9.45. The number of nitrogens with one attached hydrogen (secondary N) is 1. The summed E-state index contributed by atoms with van der Waals surface area (Å²) in [6.45, 7) is 1.75. The molecule has 1 aromatic rings. The van der Waals surface area contributed by atoms with Gasteiger partial charge in [-0.3, -0.25) is 0 Å². The Morgan fingerprint density at radius 3 is 2.69 bits per heavy atom. The summed E-state index contributed by atoms with van der Waals surface area (Å²) in [4.78, 5) is 0. The molecule has 0 saturated heterocycles. The molecule has 1 rings (SSSR count). The number of aliphatic hydroxyl groups excluding tert-OH is 1. The van der Waals surface area contributed by atoms with E-state index in [-0.39, 0.29) is 5.82 Å². The van der Waals surface area contributed by atoms with E-state index in [1.807, 2.05) is 0 Å². The SMILES string of the molecule is COCC(O)CCNCc1ccc(F)cc1. The zero-order valence-corrected chi connectivity index (χ0v) is 9.45. The Morgan fingerprint density at radius 2 is 2.06 bits per heavy atom. The summed E-state index contributed by atoms with van der Waals surface area (Å²) in [5.41, 5.74) is 1.03. The molecule has 2 N–H and O–H groups in total. The molecule has 1 unspecified atom stereocenters. The first kappa shape index (κ1) is 13.1. The predicted molar refractivity (Wildman–Crippen MR) is 60.6 cm³/mol. The van der Waals surface area contributed by atoms with Crippen molar-refractivity contribution in [1.29, 1.82) is 0 Å². The fraction of sp³-hybridized carbons (Fsp3) is 0.500. The zero-order chi connectivity index (χ0) is 11.8. The molecular formula is C12H18FNO2. The summed E-state index contributed by atoms with van der Waals surface area (Å²) >= 11 is 0. The van der Waals surface area contributed by atoms with Crippen molar-refractivity contribution >= 4 is 0 Å². The summed E-state index contributed by atoms with van der Waals surface area (Å²) in [6.07, 6.45) is 0.223. The van der Waals surface area contributed by atoms with E-state index in [0.29, 0.717) is 26.1 Å². The number of hydrogen-bond acceptors (Lipinski definition) is 3. The lowest BCUT2D eigenvalue weighted by Gasteiger charge is -2.10. The van der Waals surface area contributed by atoms with Crippen LogP contribution in [0.4, 0.5) is 4.39 Å².